The molecule has 0 aliphatic rings. The highest BCUT2D eigenvalue weighted by molar-refractivity contribution is 6.30. The largest absolute Gasteiger partial charge is 0.436 e. The van der Waals surface area contributed by atoms with E-state index in [1.807, 2.05) is 54.6 Å². The number of fused-ring (bicyclic) bond motifs is 1. The van der Waals surface area contributed by atoms with E-state index < -0.39 is 0 Å². The number of hydrogen-bond acceptors (Lipinski definition) is 2. The SMILES string of the molecule is Clc1cccc(-c2nc3cccc(Cc4ccccc4)c3o2)c1. The Morgan fingerprint density at radius 2 is 1.70 bits per heavy atom. The van der Waals surface area contributed by atoms with Gasteiger partial charge in [-0.3, -0.25) is 0 Å². The molecule has 4 aromatic rings. The third-order valence-corrected chi connectivity index (χ3v) is 4.04. The molecule has 0 spiro atoms. The lowest BCUT2D eigenvalue weighted by atomic mass is 10.0. The molecular weight excluding hydrogens is 306 g/mol. The summed E-state index contributed by atoms with van der Waals surface area (Å²) in [7, 11) is 0. The van der Waals surface area contributed by atoms with Gasteiger partial charge in [-0.1, -0.05) is 60.1 Å². The third-order valence-electron chi connectivity index (χ3n) is 3.81. The predicted molar refractivity (Wildman–Crippen MR) is 93.7 cm³/mol. The van der Waals surface area contributed by atoms with Gasteiger partial charge in [-0.25, -0.2) is 4.98 Å². The molecule has 0 atom stereocenters. The van der Waals surface area contributed by atoms with Crippen molar-refractivity contribution in [3.63, 3.8) is 0 Å². The average Bonchev–Trinajstić information content (AvgIpc) is 3.01. The van der Waals surface area contributed by atoms with E-state index in [9.17, 15) is 0 Å². The van der Waals surface area contributed by atoms with Crippen LogP contribution in [0, 0.1) is 0 Å². The third kappa shape index (κ3) is 2.86. The maximum Gasteiger partial charge on any atom is 0.227 e. The van der Waals surface area contributed by atoms with Crippen LogP contribution < -0.4 is 0 Å². The second kappa shape index (κ2) is 5.90. The van der Waals surface area contributed by atoms with Crippen molar-refractivity contribution in [1.82, 2.24) is 4.98 Å². The number of benzene rings is 3. The summed E-state index contributed by atoms with van der Waals surface area (Å²) in [5, 5.41) is 0.675. The van der Waals surface area contributed by atoms with E-state index in [-0.39, 0.29) is 0 Å². The Morgan fingerprint density at radius 3 is 2.52 bits per heavy atom. The molecule has 0 aliphatic carbocycles. The van der Waals surface area contributed by atoms with Crippen LogP contribution in [0.5, 0.6) is 0 Å². The van der Waals surface area contributed by atoms with E-state index in [1.54, 1.807) is 0 Å². The molecule has 112 valence electrons. The Bertz CT molecular complexity index is 960. The highest BCUT2D eigenvalue weighted by Crippen LogP contribution is 2.29. The summed E-state index contributed by atoms with van der Waals surface area (Å²) in [5.41, 5.74) is 4.98. The number of hydrogen-bond donors (Lipinski definition) is 0. The number of aromatic nitrogens is 1. The molecule has 0 amide bonds. The van der Waals surface area contributed by atoms with Crippen LogP contribution in [0.25, 0.3) is 22.6 Å². The Balaban J connectivity index is 1.78. The molecule has 0 aliphatic heterocycles. The maximum absolute atomic E-state index is 6.06. The monoisotopic (exact) mass is 319 g/mol. The van der Waals surface area contributed by atoms with Gasteiger partial charge in [-0.15, -0.1) is 0 Å². The molecule has 1 aromatic heterocycles. The summed E-state index contributed by atoms with van der Waals surface area (Å²) in [6.07, 6.45) is 0.822. The molecule has 0 N–H and O–H groups in total. The molecule has 23 heavy (non-hydrogen) atoms. The van der Waals surface area contributed by atoms with Crippen molar-refractivity contribution in [3.05, 3.63) is 88.9 Å². The normalized spacial score (nSPS) is 11.0. The minimum Gasteiger partial charge on any atom is -0.436 e. The van der Waals surface area contributed by atoms with Crippen LogP contribution in [0.1, 0.15) is 11.1 Å². The van der Waals surface area contributed by atoms with Gasteiger partial charge in [0.25, 0.3) is 0 Å². The van der Waals surface area contributed by atoms with Crippen LogP contribution in [0.4, 0.5) is 0 Å². The van der Waals surface area contributed by atoms with Crippen LogP contribution in [0.15, 0.2) is 77.2 Å². The molecule has 1 heterocycles. The van der Waals surface area contributed by atoms with Gasteiger partial charge in [-0.2, -0.15) is 0 Å². The molecule has 3 aromatic carbocycles. The van der Waals surface area contributed by atoms with Gasteiger partial charge in [0.15, 0.2) is 5.58 Å². The van der Waals surface area contributed by atoms with Crippen LogP contribution in [0.2, 0.25) is 5.02 Å². The van der Waals surface area contributed by atoms with Crippen molar-refractivity contribution in [1.29, 1.82) is 0 Å². The zero-order valence-corrected chi connectivity index (χ0v) is 13.1. The summed E-state index contributed by atoms with van der Waals surface area (Å²) < 4.78 is 6.04. The fourth-order valence-electron chi connectivity index (χ4n) is 2.71. The lowest BCUT2D eigenvalue weighted by Crippen LogP contribution is -1.87. The minimum atomic E-state index is 0.600. The highest BCUT2D eigenvalue weighted by Gasteiger charge is 2.12. The average molecular weight is 320 g/mol. The fraction of sp³-hybridized carbons (Fsp3) is 0.0500. The maximum atomic E-state index is 6.06. The highest BCUT2D eigenvalue weighted by atomic mass is 35.5. The van der Waals surface area contributed by atoms with Crippen LogP contribution in [0.3, 0.4) is 0 Å². The topological polar surface area (TPSA) is 26.0 Å². The Kier molecular flexibility index (Phi) is 3.60. The Hall–Kier alpha value is -2.58. The van der Waals surface area contributed by atoms with Crippen LogP contribution >= 0.6 is 11.6 Å². The van der Waals surface area contributed by atoms with Crippen molar-refractivity contribution < 1.29 is 4.42 Å². The van der Waals surface area contributed by atoms with Gasteiger partial charge in [0.2, 0.25) is 5.89 Å². The van der Waals surface area contributed by atoms with Crippen molar-refractivity contribution in [2.24, 2.45) is 0 Å². The van der Waals surface area contributed by atoms with Crippen molar-refractivity contribution in [2.75, 3.05) is 0 Å². The van der Waals surface area contributed by atoms with Gasteiger partial charge >= 0.3 is 0 Å². The van der Waals surface area contributed by atoms with Gasteiger partial charge in [0.1, 0.15) is 5.52 Å². The summed E-state index contributed by atoms with van der Waals surface area (Å²) >= 11 is 6.06. The Morgan fingerprint density at radius 1 is 0.870 bits per heavy atom. The summed E-state index contributed by atoms with van der Waals surface area (Å²) in [4.78, 5) is 4.60. The van der Waals surface area contributed by atoms with Crippen molar-refractivity contribution >= 4 is 22.7 Å². The molecule has 4 rings (SSSR count). The first kappa shape index (κ1) is 14.0. The molecule has 2 nitrogen and oxygen atoms in total. The van der Waals surface area contributed by atoms with E-state index in [0.29, 0.717) is 10.9 Å². The van der Waals surface area contributed by atoms with E-state index >= 15 is 0 Å². The lowest BCUT2D eigenvalue weighted by Gasteiger charge is -2.02. The van der Waals surface area contributed by atoms with Gasteiger partial charge in [-0.05, 0) is 29.8 Å². The van der Waals surface area contributed by atoms with Gasteiger partial charge in [0, 0.05) is 22.6 Å². The first-order valence-electron chi connectivity index (χ1n) is 7.48. The van der Waals surface area contributed by atoms with E-state index in [0.717, 1.165) is 28.6 Å². The summed E-state index contributed by atoms with van der Waals surface area (Å²) in [5.74, 6) is 0.600. The predicted octanol–water partition coefficient (Wildman–Crippen LogP) is 5.74. The molecule has 0 fully saturated rings. The zero-order chi connectivity index (χ0) is 15.6. The summed E-state index contributed by atoms with van der Waals surface area (Å²) in [6.45, 7) is 0. The smallest absolute Gasteiger partial charge is 0.227 e. The molecule has 0 bridgehead atoms. The molecule has 3 heteroatoms. The number of nitrogens with zero attached hydrogens (tertiary/aromatic N) is 1. The second-order valence-electron chi connectivity index (χ2n) is 5.46. The Labute approximate surface area is 139 Å². The number of halogens is 1. The molecule has 0 saturated heterocycles. The lowest BCUT2D eigenvalue weighted by molar-refractivity contribution is 0.616. The minimum absolute atomic E-state index is 0.600. The van der Waals surface area contributed by atoms with Crippen LogP contribution in [-0.2, 0) is 6.42 Å². The fourth-order valence-corrected chi connectivity index (χ4v) is 2.90. The zero-order valence-electron chi connectivity index (χ0n) is 12.4. The number of oxazole rings is 1. The number of para-hydroxylation sites is 1. The van der Waals surface area contributed by atoms with Crippen molar-refractivity contribution in [2.45, 2.75) is 6.42 Å². The molecule has 0 saturated carbocycles. The van der Waals surface area contributed by atoms with Gasteiger partial charge in [0.05, 0.1) is 0 Å². The molecule has 0 radical (unpaired) electrons. The van der Waals surface area contributed by atoms with E-state index in [4.69, 9.17) is 16.0 Å². The number of rotatable bonds is 3. The molecular formula is C20H14ClNO. The quantitative estimate of drug-likeness (QED) is 0.481. The standard InChI is InChI=1S/C20H14ClNO/c21-17-10-4-9-16(13-17)20-22-18-11-5-8-15(19(18)23-20)12-14-6-2-1-3-7-14/h1-11,13H,12H2. The van der Waals surface area contributed by atoms with E-state index in [1.165, 1.54) is 5.56 Å². The first-order valence-corrected chi connectivity index (χ1v) is 7.86. The van der Waals surface area contributed by atoms with Gasteiger partial charge < -0.3 is 4.42 Å². The van der Waals surface area contributed by atoms with Crippen LogP contribution in [-0.4, -0.2) is 4.98 Å². The van der Waals surface area contributed by atoms with Crippen molar-refractivity contribution in [3.8, 4) is 11.5 Å². The second-order valence-corrected chi connectivity index (χ2v) is 5.89. The molecule has 0 unspecified atom stereocenters. The van der Waals surface area contributed by atoms with E-state index in [2.05, 4.69) is 23.2 Å². The first-order chi connectivity index (χ1) is 11.3. The summed E-state index contributed by atoms with van der Waals surface area (Å²) in [6, 6.07) is 24.0.